The summed E-state index contributed by atoms with van der Waals surface area (Å²) in [4.78, 5) is 40.5. The van der Waals surface area contributed by atoms with Gasteiger partial charge in [0.2, 0.25) is 11.8 Å². The Bertz CT molecular complexity index is 612. The van der Waals surface area contributed by atoms with Gasteiger partial charge in [0.05, 0.1) is 10.6 Å². The highest BCUT2D eigenvalue weighted by Crippen LogP contribution is 2.23. The van der Waals surface area contributed by atoms with Crippen molar-refractivity contribution in [2.75, 3.05) is 5.32 Å². The number of anilines is 1. The quantitative estimate of drug-likeness (QED) is 0.617. The summed E-state index contributed by atoms with van der Waals surface area (Å²) in [5.41, 5.74) is 0.564. The average Bonchev–Trinajstić information content (AvgIpc) is 2.86. The highest BCUT2D eigenvalue weighted by molar-refractivity contribution is 7.17. The molecule has 1 aromatic heterocycles. The molecule has 8 heteroatoms. The molecule has 3 N–H and O–H groups in total. The van der Waals surface area contributed by atoms with Crippen LogP contribution in [0.4, 0.5) is 5.13 Å². The molecule has 24 heavy (non-hydrogen) atoms. The topological polar surface area (TPSA) is 108 Å². The number of aryl methyl sites for hydroxylation is 1. The van der Waals surface area contributed by atoms with Crippen LogP contribution in [-0.2, 0) is 9.59 Å². The van der Waals surface area contributed by atoms with Crippen LogP contribution < -0.4 is 10.6 Å². The van der Waals surface area contributed by atoms with Gasteiger partial charge in [-0.15, -0.1) is 0 Å². The molecule has 0 bridgehead atoms. The maximum Gasteiger partial charge on any atom is 0.249 e. The molecular weight excluding hydrogens is 330 g/mol. The van der Waals surface area contributed by atoms with Crippen LogP contribution in [0.3, 0.4) is 0 Å². The number of aromatic nitrogens is 1. The van der Waals surface area contributed by atoms with Crippen LogP contribution >= 0.6 is 11.3 Å². The molecule has 0 fully saturated rings. The Labute approximate surface area is 145 Å². The summed E-state index contributed by atoms with van der Waals surface area (Å²) in [6.45, 7) is 8.49. The third kappa shape index (κ3) is 5.38. The maximum absolute atomic E-state index is 12.4. The number of nitrogens with one attached hydrogen (secondary N) is 2. The number of Topliss-reactive ketones (excluding diaryl/α,β-unsaturated/α-hetero) is 1. The van der Waals surface area contributed by atoms with Crippen LogP contribution in [-0.4, -0.2) is 39.8 Å². The number of hydrogen-bond acceptors (Lipinski definition) is 6. The molecule has 2 amide bonds. The molecule has 0 aliphatic heterocycles. The van der Waals surface area contributed by atoms with E-state index in [1.807, 2.05) is 6.92 Å². The molecule has 0 radical (unpaired) electrons. The fraction of sp³-hybridized carbons (Fsp3) is 0.625. The molecule has 7 nitrogen and oxygen atoms in total. The van der Waals surface area contributed by atoms with Crippen LogP contribution in [0.1, 0.15) is 55.9 Å². The van der Waals surface area contributed by atoms with Crippen molar-refractivity contribution in [1.82, 2.24) is 10.3 Å². The van der Waals surface area contributed by atoms with Gasteiger partial charge < -0.3 is 15.7 Å². The largest absolute Gasteiger partial charge is 0.383 e. The van der Waals surface area contributed by atoms with Crippen molar-refractivity contribution in [3.8, 4) is 0 Å². The number of amides is 2. The molecule has 0 saturated carbocycles. The third-order valence-corrected chi connectivity index (χ3v) is 4.63. The Kier molecular flexibility index (Phi) is 7.50. The summed E-state index contributed by atoms with van der Waals surface area (Å²) in [6, 6.07) is -0.763. The van der Waals surface area contributed by atoms with E-state index in [2.05, 4.69) is 15.6 Å². The SMILES string of the molecule is CCCC(NC(=O)C(O)C(C)C)C(=O)Nc1nc(C)c(C(C)=O)s1. The van der Waals surface area contributed by atoms with Gasteiger partial charge in [-0.2, -0.15) is 0 Å². The summed E-state index contributed by atoms with van der Waals surface area (Å²) in [7, 11) is 0. The zero-order valence-electron chi connectivity index (χ0n) is 14.7. The van der Waals surface area contributed by atoms with Crippen molar-refractivity contribution in [2.45, 2.75) is 59.6 Å². The summed E-state index contributed by atoms with van der Waals surface area (Å²) >= 11 is 1.11. The van der Waals surface area contributed by atoms with E-state index in [-0.39, 0.29) is 11.7 Å². The van der Waals surface area contributed by atoms with Gasteiger partial charge in [-0.25, -0.2) is 4.98 Å². The second-order valence-electron chi connectivity index (χ2n) is 6.02. The van der Waals surface area contributed by atoms with Gasteiger partial charge in [-0.1, -0.05) is 38.5 Å². The third-order valence-electron chi connectivity index (χ3n) is 3.46. The minimum atomic E-state index is -1.16. The number of hydrogen-bond donors (Lipinski definition) is 3. The minimum Gasteiger partial charge on any atom is -0.383 e. The van der Waals surface area contributed by atoms with E-state index in [0.29, 0.717) is 28.5 Å². The molecule has 0 aliphatic rings. The molecule has 2 atom stereocenters. The van der Waals surface area contributed by atoms with Crippen molar-refractivity contribution in [2.24, 2.45) is 5.92 Å². The van der Waals surface area contributed by atoms with Crippen molar-refractivity contribution in [3.05, 3.63) is 10.6 Å². The predicted octanol–water partition coefficient (Wildman–Crippen LogP) is 1.89. The Hall–Kier alpha value is -1.80. The lowest BCUT2D eigenvalue weighted by atomic mass is 10.1. The fourth-order valence-electron chi connectivity index (χ4n) is 2.09. The molecule has 1 heterocycles. The lowest BCUT2D eigenvalue weighted by Gasteiger charge is -2.20. The number of aliphatic hydroxyl groups is 1. The monoisotopic (exact) mass is 355 g/mol. The Morgan fingerprint density at radius 1 is 1.25 bits per heavy atom. The summed E-state index contributed by atoms with van der Waals surface area (Å²) in [5.74, 6) is -1.33. The van der Waals surface area contributed by atoms with Crippen LogP contribution in [0.2, 0.25) is 0 Å². The van der Waals surface area contributed by atoms with Gasteiger partial charge >= 0.3 is 0 Å². The smallest absolute Gasteiger partial charge is 0.249 e. The molecule has 0 spiro atoms. The van der Waals surface area contributed by atoms with Crippen molar-refractivity contribution in [1.29, 1.82) is 0 Å². The van der Waals surface area contributed by atoms with Crippen LogP contribution in [0.5, 0.6) is 0 Å². The first-order valence-corrected chi connectivity index (χ1v) is 8.76. The number of ketones is 1. The number of nitrogens with zero attached hydrogens (tertiary/aromatic N) is 1. The Morgan fingerprint density at radius 3 is 2.33 bits per heavy atom. The van der Waals surface area contributed by atoms with Gasteiger partial charge in [0.1, 0.15) is 12.1 Å². The van der Waals surface area contributed by atoms with E-state index in [1.165, 1.54) is 6.92 Å². The van der Waals surface area contributed by atoms with E-state index >= 15 is 0 Å². The van der Waals surface area contributed by atoms with Crippen LogP contribution in [0.25, 0.3) is 0 Å². The summed E-state index contributed by atoms with van der Waals surface area (Å²) in [5, 5.41) is 15.3. The molecule has 0 saturated heterocycles. The normalized spacial score (nSPS) is 13.5. The van der Waals surface area contributed by atoms with E-state index in [0.717, 1.165) is 11.3 Å². The minimum absolute atomic E-state index is 0.107. The maximum atomic E-state index is 12.4. The Morgan fingerprint density at radius 2 is 1.88 bits per heavy atom. The van der Waals surface area contributed by atoms with Crippen molar-refractivity contribution >= 4 is 34.1 Å². The lowest BCUT2D eigenvalue weighted by Crippen LogP contribution is -2.48. The van der Waals surface area contributed by atoms with E-state index in [4.69, 9.17) is 0 Å². The molecule has 0 aliphatic carbocycles. The van der Waals surface area contributed by atoms with Crippen LogP contribution in [0, 0.1) is 12.8 Å². The number of carbonyl (C=O) groups excluding carboxylic acids is 3. The average molecular weight is 355 g/mol. The van der Waals surface area contributed by atoms with E-state index in [9.17, 15) is 19.5 Å². The highest BCUT2D eigenvalue weighted by atomic mass is 32.1. The number of thiazole rings is 1. The van der Waals surface area contributed by atoms with Crippen molar-refractivity contribution < 1.29 is 19.5 Å². The van der Waals surface area contributed by atoms with Gasteiger partial charge in [-0.05, 0) is 19.3 Å². The van der Waals surface area contributed by atoms with Crippen molar-refractivity contribution in [3.63, 3.8) is 0 Å². The molecule has 1 rings (SSSR count). The van der Waals surface area contributed by atoms with E-state index < -0.39 is 24.0 Å². The molecular formula is C16H25N3O4S. The summed E-state index contributed by atoms with van der Waals surface area (Å²) in [6.07, 6.45) is -0.0403. The molecule has 0 aromatic carbocycles. The molecule has 2 unspecified atom stereocenters. The first-order chi connectivity index (χ1) is 11.2. The van der Waals surface area contributed by atoms with Gasteiger partial charge in [0, 0.05) is 6.92 Å². The van der Waals surface area contributed by atoms with Crippen LogP contribution in [0.15, 0.2) is 0 Å². The first kappa shape index (κ1) is 20.2. The predicted molar refractivity (Wildman–Crippen MR) is 93.2 cm³/mol. The Balaban J connectivity index is 2.81. The van der Waals surface area contributed by atoms with Gasteiger partial charge in [-0.3, -0.25) is 14.4 Å². The van der Waals surface area contributed by atoms with E-state index in [1.54, 1.807) is 20.8 Å². The zero-order chi connectivity index (χ0) is 18.4. The number of aliphatic hydroxyl groups excluding tert-OH is 1. The number of rotatable bonds is 8. The lowest BCUT2D eigenvalue weighted by molar-refractivity contribution is -0.134. The fourth-order valence-corrected chi connectivity index (χ4v) is 2.95. The second kappa shape index (κ2) is 8.89. The molecule has 1 aromatic rings. The second-order valence-corrected chi connectivity index (χ2v) is 7.02. The summed E-state index contributed by atoms with van der Waals surface area (Å²) < 4.78 is 0. The molecule has 134 valence electrons. The van der Waals surface area contributed by atoms with Gasteiger partial charge in [0.15, 0.2) is 10.9 Å². The number of carbonyl (C=O) groups is 3. The highest BCUT2D eigenvalue weighted by Gasteiger charge is 2.26. The standard InChI is InChI=1S/C16H25N3O4S/c1-6-7-11(18-15(23)12(21)8(2)3)14(22)19-16-17-9(4)13(24-16)10(5)20/h8,11-12,21H,6-7H2,1-5H3,(H,18,23)(H,17,19,22). The first-order valence-electron chi connectivity index (χ1n) is 7.95. The zero-order valence-corrected chi connectivity index (χ0v) is 15.5. The van der Waals surface area contributed by atoms with Gasteiger partial charge in [0.25, 0.3) is 0 Å².